The molecule has 1 saturated heterocycles. The van der Waals surface area contributed by atoms with Crippen LogP contribution in [0.3, 0.4) is 0 Å². The lowest BCUT2D eigenvalue weighted by Crippen LogP contribution is -2.49. The van der Waals surface area contributed by atoms with Gasteiger partial charge in [-0.3, -0.25) is 9.36 Å². The molecular weight excluding hydrogens is 542 g/mol. The number of nitrogens with zero attached hydrogens (tertiary/aromatic N) is 6. The van der Waals surface area contributed by atoms with Crippen LogP contribution in [0, 0.1) is 11.6 Å². The summed E-state index contributed by atoms with van der Waals surface area (Å²) in [7, 11) is 0. The minimum atomic E-state index is -0.339. The molecule has 1 amide bonds. The zero-order chi connectivity index (χ0) is 26.8. The third-order valence-corrected chi connectivity index (χ3v) is 8.29. The molecule has 0 bridgehead atoms. The number of anilines is 1. The Bertz CT molecular complexity index is 1580. The Hall–Kier alpha value is -4.03. The largest absolute Gasteiger partial charge is 0.461 e. The van der Waals surface area contributed by atoms with Crippen molar-refractivity contribution < 1.29 is 18.0 Å². The number of furan rings is 1. The number of halogens is 2. The lowest BCUT2D eigenvalue weighted by Gasteiger charge is -2.35. The molecule has 0 spiro atoms. The minimum Gasteiger partial charge on any atom is -0.461 e. The van der Waals surface area contributed by atoms with Gasteiger partial charge < -0.3 is 14.2 Å². The fourth-order valence-electron chi connectivity index (χ4n) is 4.37. The van der Waals surface area contributed by atoms with Crippen LogP contribution < -0.4 is 4.90 Å². The first-order chi connectivity index (χ1) is 19.1. The summed E-state index contributed by atoms with van der Waals surface area (Å²) in [4.78, 5) is 21.4. The number of para-hydroxylation sites is 1. The molecule has 0 saturated carbocycles. The Morgan fingerprint density at radius 3 is 2.51 bits per heavy atom. The number of amides is 1. The van der Waals surface area contributed by atoms with Crippen LogP contribution in [-0.2, 0) is 5.75 Å². The number of thioether (sulfide) groups is 1. The second-order valence-corrected chi connectivity index (χ2v) is 10.6. The van der Waals surface area contributed by atoms with Crippen molar-refractivity contribution in [2.75, 3.05) is 31.1 Å². The van der Waals surface area contributed by atoms with Gasteiger partial charge in [0, 0.05) is 31.6 Å². The quantitative estimate of drug-likeness (QED) is 0.241. The van der Waals surface area contributed by atoms with Crippen molar-refractivity contribution in [3.63, 3.8) is 0 Å². The van der Waals surface area contributed by atoms with Gasteiger partial charge >= 0.3 is 0 Å². The van der Waals surface area contributed by atoms with Crippen molar-refractivity contribution >= 4 is 34.7 Å². The highest BCUT2D eigenvalue weighted by molar-refractivity contribution is 7.98. The Labute approximate surface area is 230 Å². The van der Waals surface area contributed by atoms with Crippen LogP contribution in [0.4, 0.5) is 14.5 Å². The number of carbonyl (C=O) groups is 1. The molecule has 0 N–H and O–H groups in total. The summed E-state index contributed by atoms with van der Waals surface area (Å²) in [6.45, 7) is 2.09. The lowest BCUT2D eigenvalue weighted by molar-refractivity contribution is 0.0741. The SMILES string of the molecule is O=C(c1csc(CSc2nnc(-c3ccco3)n2-c2ccc(F)cc2)n1)N1CCN(c2ccccc2F)CC1. The van der Waals surface area contributed by atoms with Crippen molar-refractivity contribution in [3.05, 3.63) is 94.6 Å². The highest BCUT2D eigenvalue weighted by Gasteiger charge is 2.25. The fourth-order valence-corrected chi connectivity index (χ4v) is 6.11. The van der Waals surface area contributed by atoms with Gasteiger partial charge in [0.2, 0.25) is 5.82 Å². The van der Waals surface area contributed by atoms with Gasteiger partial charge in [-0.25, -0.2) is 13.8 Å². The zero-order valence-corrected chi connectivity index (χ0v) is 22.2. The molecule has 0 aliphatic carbocycles. The maximum Gasteiger partial charge on any atom is 0.273 e. The molecule has 4 heterocycles. The first-order valence-corrected chi connectivity index (χ1v) is 14.0. The van der Waals surface area contributed by atoms with E-state index in [-0.39, 0.29) is 17.5 Å². The van der Waals surface area contributed by atoms with Gasteiger partial charge in [-0.2, -0.15) is 0 Å². The summed E-state index contributed by atoms with van der Waals surface area (Å²) in [5, 5.41) is 11.7. The lowest BCUT2D eigenvalue weighted by atomic mass is 10.2. The molecule has 39 heavy (non-hydrogen) atoms. The van der Waals surface area contributed by atoms with E-state index in [1.165, 1.54) is 41.3 Å². The molecule has 1 aliphatic rings. The highest BCUT2D eigenvalue weighted by atomic mass is 32.2. The average Bonchev–Trinajstić information content (AvgIpc) is 3.74. The fraction of sp³-hybridized carbons (Fsp3) is 0.185. The zero-order valence-electron chi connectivity index (χ0n) is 20.5. The number of piperazine rings is 1. The number of thiazole rings is 1. The van der Waals surface area contributed by atoms with Gasteiger partial charge in [0.25, 0.3) is 5.91 Å². The van der Waals surface area contributed by atoms with Crippen molar-refractivity contribution in [2.24, 2.45) is 0 Å². The average molecular weight is 565 g/mol. The molecule has 0 unspecified atom stereocenters. The second kappa shape index (κ2) is 11.0. The normalized spacial score (nSPS) is 13.7. The molecule has 1 fully saturated rings. The Kier molecular flexibility index (Phi) is 7.12. The summed E-state index contributed by atoms with van der Waals surface area (Å²) in [5.74, 6) is 0.774. The van der Waals surface area contributed by atoms with E-state index < -0.39 is 0 Å². The third-order valence-electron chi connectivity index (χ3n) is 6.32. The number of hydrogen-bond donors (Lipinski definition) is 0. The minimum absolute atomic E-state index is 0.134. The molecule has 0 atom stereocenters. The van der Waals surface area contributed by atoms with Crippen LogP contribution in [0.5, 0.6) is 0 Å². The van der Waals surface area contributed by atoms with E-state index in [0.29, 0.717) is 65.7 Å². The van der Waals surface area contributed by atoms with Crippen LogP contribution in [-0.4, -0.2) is 56.7 Å². The predicted molar refractivity (Wildman–Crippen MR) is 145 cm³/mol. The number of rotatable bonds is 7. The van der Waals surface area contributed by atoms with Gasteiger partial charge in [0.15, 0.2) is 10.9 Å². The van der Waals surface area contributed by atoms with E-state index in [2.05, 4.69) is 15.2 Å². The van der Waals surface area contributed by atoms with Crippen LogP contribution in [0.2, 0.25) is 0 Å². The Morgan fingerprint density at radius 2 is 1.77 bits per heavy atom. The first-order valence-electron chi connectivity index (χ1n) is 12.2. The van der Waals surface area contributed by atoms with Gasteiger partial charge in [-0.1, -0.05) is 23.9 Å². The molecule has 8 nitrogen and oxygen atoms in total. The molecule has 12 heteroatoms. The van der Waals surface area contributed by atoms with Crippen molar-refractivity contribution in [1.82, 2.24) is 24.6 Å². The second-order valence-electron chi connectivity index (χ2n) is 8.74. The number of benzene rings is 2. The monoisotopic (exact) mass is 564 g/mol. The Morgan fingerprint density at radius 1 is 0.974 bits per heavy atom. The molecule has 0 radical (unpaired) electrons. The number of aromatic nitrogens is 4. The van der Waals surface area contributed by atoms with Crippen LogP contribution in [0.25, 0.3) is 17.3 Å². The van der Waals surface area contributed by atoms with Crippen molar-refractivity contribution in [3.8, 4) is 17.3 Å². The summed E-state index contributed by atoms with van der Waals surface area (Å²) >= 11 is 2.82. The smallest absolute Gasteiger partial charge is 0.273 e. The maximum absolute atomic E-state index is 14.1. The van der Waals surface area contributed by atoms with E-state index in [4.69, 9.17) is 4.42 Å². The van der Waals surface area contributed by atoms with Gasteiger partial charge in [-0.05, 0) is 48.5 Å². The topological polar surface area (TPSA) is 80.3 Å². The highest BCUT2D eigenvalue weighted by Crippen LogP contribution is 2.31. The molecule has 1 aliphatic heterocycles. The number of hydrogen-bond acceptors (Lipinski definition) is 8. The summed E-state index contributed by atoms with van der Waals surface area (Å²) in [5.41, 5.74) is 1.65. The van der Waals surface area contributed by atoms with E-state index in [9.17, 15) is 13.6 Å². The van der Waals surface area contributed by atoms with Gasteiger partial charge in [-0.15, -0.1) is 21.5 Å². The van der Waals surface area contributed by atoms with Crippen LogP contribution in [0.15, 0.2) is 81.9 Å². The van der Waals surface area contributed by atoms with Crippen LogP contribution in [0.1, 0.15) is 15.5 Å². The van der Waals surface area contributed by atoms with E-state index in [1.54, 1.807) is 57.5 Å². The van der Waals surface area contributed by atoms with Crippen molar-refractivity contribution in [1.29, 1.82) is 0 Å². The summed E-state index contributed by atoms with van der Waals surface area (Å²) in [6.07, 6.45) is 1.56. The maximum atomic E-state index is 14.1. The molecule has 5 aromatic rings. The Balaban J connectivity index is 1.13. The molecule has 6 rings (SSSR count). The first kappa shape index (κ1) is 25.3. The van der Waals surface area contributed by atoms with Crippen LogP contribution >= 0.6 is 23.1 Å². The van der Waals surface area contributed by atoms with E-state index in [1.807, 2.05) is 11.0 Å². The van der Waals surface area contributed by atoms with Gasteiger partial charge in [0.05, 0.1) is 23.4 Å². The molecule has 3 aromatic heterocycles. The van der Waals surface area contributed by atoms with E-state index >= 15 is 0 Å². The predicted octanol–water partition coefficient (Wildman–Crippen LogP) is 5.52. The van der Waals surface area contributed by atoms with Crippen molar-refractivity contribution in [2.45, 2.75) is 10.9 Å². The standard InChI is InChI=1S/C27H22F2N6O2S2/c28-18-7-9-19(10-8-18)35-25(23-6-3-15-37-23)31-32-27(35)39-17-24-30-21(16-38-24)26(36)34-13-11-33(12-14-34)22-5-2-1-4-20(22)29/h1-10,15-16H,11-14,17H2. The molecule has 198 valence electrons. The number of carbonyl (C=O) groups excluding carboxylic acids is 1. The molecular formula is C27H22F2N6O2S2. The summed E-state index contributed by atoms with van der Waals surface area (Å²) < 4.78 is 35.0. The van der Waals surface area contributed by atoms with E-state index in [0.717, 1.165) is 5.01 Å². The third kappa shape index (κ3) is 5.30. The van der Waals surface area contributed by atoms with Gasteiger partial charge in [0.1, 0.15) is 22.3 Å². The molecule has 2 aromatic carbocycles. The summed E-state index contributed by atoms with van der Waals surface area (Å²) in [6, 6.07) is 16.3.